The highest BCUT2D eigenvalue weighted by atomic mass is 16.1. The highest BCUT2D eigenvalue weighted by Gasteiger charge is 1.96. The van der Waals surface area contributed by atoms with Crippen molar-refractivity contribution in [2.75, 3.05) is 0 Å². The molecule has 0 fully saturated rings. The van der Waals surface area contributed by atoms with Crippen LogP contribution < -0.4 is 5.32 Å². The van der Waals surface area contributed by atoms with Crippen molar-refractivity contribution in [2.24, 2.45) is 0 Å². The average Bonchev–Trinajstić information content (AvgIpc) is 1.83. The van der Waals surface area contributed by atoms with Gasteiger partial charge in [0, 0.05) is 6.04 Å². The quantitative estimate of drug-likeness (QED) is 0.542. The minimum atomic E-state index is 0.382. The molecule has 0 aromatic heterocycles. The van der Waals surface area contributed by atoms with Gasteiger partial charge in [-0.3, -0.25) is 4.79 Å². The first-order valence-corrected chi connectivity index (χ1v) is 3.04. The Morgan fingerprint density at radius 3 is 2.12 bits per heavy atom. The molecule has 0 radical (unpaired) electrons. The van der Waals surface area contributed by atoms with Crippen molar-refractivity contribution in [2.45, 2.75) is 32.7 Å². The highest BCUT2D eigenvalue weighted by Crippen LogP contribution is 1.92. The Labute approximate surface area is 50.3 Å². The first kappa shape index (κ1) is 7.47. The van der Waals surface area contributed by atoms with Gasteiger partial charge in [0.25, 0.3) is 0 Å². The molecule has 0 aliphatic heterocycles. The van der Waals surface area contributed by atoms with E-state index in [1.165, 1.54) is 0 Å². The summed E-state index contributed by atoms with van der Waals surface area (Å²) in [6, 6.07) is 0.382. The summed E-state index contributed by atoms with van der Waals surface area (Å²) in [5, 5.41) is 2.70. The molecular weight excluding hydrogens is 102 g/mol. The average molecular weight is 115 g/mol. The van der Waals surface area contributed by atoms with Crippen LogP contribution in [0.25, 0.3) is 0 Å². The van der Waals surface area contributed by atoms with Crippen LogP contribution in [-0.4, -0.2) is 12.5 Å². The van der Waals surface area contributed by atoms with E-state index in [2.05, 4.69) is 19.2 Å². The third kappa shape index (κ3) is 2.61. The predicted molar refractivity (Wildman–Crippen MR) is 33.6 cm³/mol. The summed E-state index contributed by atoms with van der Waals surface area (Å²) in [4.78, 5) is 9.82. The molecule has 0 heterocycles. The van der Waals surface area contributed by atoms with Crippen molar-refractivity contribution in [3.05, 3.63) is 0 Å². The second kappa shape index (κ2) is 4.62. The molecule has 48 valence electrons. The van der Waals surface area contributed by atoms with Gasteiger partial charge in [0.05, 0.1) is 0 Å². The Hall–Kier alpha value is -0.530. The number of rotatable bonds is 4. The largest absolute Gasteiger partial charge is 0.356 e. The van der Waals surface area contributed by atoms with Crippen LogP contribution in [0.1, 0.15) is 26.7 Å². The fraction of sp³-hybridized carbons (Fsp3) is 0.833. The van der Waals surface area contributed by atoms with E-state index in [1.807, 2.05) is 0 Å². The molecule has 0 spiro atoms. The summed E-state index contributed by atoms with van der Waals surface area (Å²) in [6.45, 7) is 4.12. The maximum absolute atomic E-state index is 9.82. The first-order chi connectivity index (χ1) is 3.85. The Kier molecular flexibility index (Phi) is 4.32. The molecule has 0 aliphatic rings. The van der Waals surface area contributed by atoms with Gasteiger partial charge in [0.2, 0.25) is 6.41 Å². The summed E-state index contributed by atoms with van der Waals surface area (Å²) in [6.07, 6.45) is 2.81. The molecule has 0 rings (SSSR count). The van der Waals surface area contributed by atoms with E-state index in [0.29, 0.717) is 6.04 Å². The normalized spacial score (nSPS) is 9.38. The lowest BCUT2D eigenvalue weighted by Gasteiger charge is -2.08. The van der Waals surface area contributed by atoms with Crippen molar-refractivity contribution in [1.82, 2.24) is 5.32 Å². The van der Waals surface area contributed by atoms with Crippen LogP contribution in [0.2, 0.25) is 0 Å². The second-order valence-electron chi connectivity index (χ2n) is 1.80. The molecule has 1 amide bonds. The van der Waals surface area contributed by atoms with Crippen molar-refractivity contribution in [3.63, 3.8) is 0 Å². The molecule has 0 aliphatic carbocycles. The van der Waals surface area contributed by atoms with E-state index in [4.69, 9.17) is 0 Å². The van der Waals surface area contributed by atoms with Gasteiger partial charge in [0.1, 0.15) is 0 Å². The van der Waals surface area contributed by atoms with Gasteiger partial charge >= 0.3 is 0 Å². The molecule has 0 saturated heterocycles. The van der Waals surface area contributed by atoms with Crippen LogP contribution in [0.3, 0.4) is 0 Å². The summed E-state index contributed by atoms with van der Waals surface area (Å²) >= 11 is 0. The Balaban J connectivity index is 3.20. The van der Waals surface area contributed by atoms with E-state index in [0.717, 1.165) is 19.3 Å². The zero-order valence-electron chi connectivity index (χ0n) is 5.48. The van der Waals surface area contributed by atoms with E-state index in [1.54, 1.807) is 0 Å². The van der Waals surface area contributed by atoms with Gasteiger partial charge in [-0.05, 0) is 12.8 Å². The molecule has 0 saturated carbocycles. The van der Waals surface area contributed by atoms with E-state index < -0.39 is 0 Å². The van der Waals surface area contributed by atoms with Gasteiger partial charge in [0.15, 0.2) is 0 Å². The third-order valence-electron chi connectivity index (χ3n) is 1.29. The molecule has 0 bridgehead atoms. The van der Waals surface area contributed by atoms with Crippen molar-refractivity contribution < 1.29 is 4.79 Å². The molecule has 0 aromatic carbocycles. The highest BCUT2D eigenvalue weighted by molar-refractivity contribution is 5.46. The van der Waals surface area contributed by atoms with Crippen molar-refractivity contribution in [3.8, 4) is 0 Å². The second-order valence-corrected chi connectivity index (χ2v) is 1.80. The fourth-order valence-corrected chi connectivity index (χ4v) is 0.621. The lowest BCUT2D eigenvalue weighted by Crippen LogP contribution is -2.25. The Morgan fingerprint density at radius 1 is 1.50 bits per heavy atom. The molecule has 2 nitrogen and oxygen atoms in total. The van der Waals surface area contributed by atoms with Crippen LogP contribution in [-0.2, 0) is 4.79 Å². The summed E-state index contributed by atoms with van der Waals surface area (Å²) in [5.41, 5.74) is 0. The van der Waals surface area contributed by atoms with E-state index >= 15 is 0 Å². The Bertz CT molecular complexity index is 59.5. The Morgan fingerprint density at radius 2 is 2.00 bits per heavy atom. The van der Waals surface area contributed by atoms with E-state index in [-0.39, 0.29) is 0 Å². The number of carbonyl (C=O) groups excluding carboxylic acids is 1. The van der Waals surface area contributed by atoms with Gasteiger partial charge in [-0.15, -0.1) is 0 Å². The maximum atomic E-state index is 9.82. The molecule has 0 aromatic rings. The van der Waals surface area contributed by atoms with Gasteiger partial charge in [-0.1, -0.05) is 13.8 Å². The fourth-order valence-electron chi connectivity index (χ4n) is 0.621. The number of hydrogen-bond donors (Lipinski definition) is 1. The van der Waals surface area contributed by atoms with Crippen molar-refractivity contribution in [1.29, 1.82) is 0 Å². The SMILES string of the molecule is CCC(CC)NC=O. The molecule has 1 N–H and O–H groups in total. The predicted octanol–water partition coefficient (Wildman–Crippen LogP) is 0.921. The number of nitrogens with one attached hydrogen (secondary N) is 1. The van der Waals surface area contributed by atoms with E-state index in [9.17, 15) is 4.79 Å². The number of carbonyl (C=O) groups is 1. The zero-order chi connectivity index (χ0) is 6.41. The standard InChI is InChI=1S/C6H13NO/c1-3-6(4-2)7-5-8/h5-6H,3-4H2,1-2H3,(H,7,8). The van der Waals surface area contributed by atoms with Gasteiger partial charge in [-0.2, -0.15) is 0 Å². The van der Waals surface area contributed by atoms with Gasteiger partial charge < -0.3 is 5.32 Å². The zero-order valence-corrected chi connectivity index (χ0v) is 5.48. The first-order valence-electron chi connectivity index (χ1n) is 3.04. The molecule has 0 unspecified atom stereocenters. The minimum Gasteiger partial charge on any atom is -0.356 e. The van der Waals surface area contributed by atoms with Crippen LogP contribution in [0.15, 0.2) is 0 Å². The minimum absolute atomic E-state index is 0.382. The summed E-state index contributed by atoms with van der Waals surface area (Å²) in [5.74, 6) is 0. The topological polar surface area (TPSA) is 29.1 Å². The van der Waals surface area contributed by atoms with Crippen LogP contribution in [0, 0.1) is 0 Å². The third-order valence-corrected chi connectivity index (χ3v) is 1.29. The lowest BCUT2D eigenvalue weighted by atomic mass is 10.2. The smallest absolute Gasteiger partial charge is 0.207 e. The van der Waals surface area contributed by atoms with Gasteiger partial charge in [-0.25, -0.2) is 0 Å². The van der Waals surface area contributed by atoms with Crippen molar-refractivity contribution >= 4 is 6.41 Å². The lowest BCUT2D eigenvalue weighted by molar-refractivity contribution is -0.110. The molecule has 8 heavy (non-hydrogen) atoms. The summed E-state index contributed by atoms with van der Waals surface area (Å²) < 4.78 is 0. The number of hydrogen-bond acceptors (Lipinski definition) is 1. The molecule has 2 heteroatoms. The summed E-state index contributed by atoms with van der Waals surface area (Å²) in [7, 11) is 0. The monoisotopic (exact) mass is 115 g/mol. The molecule has 0 atom stereocenters. The van der Waals surface area contributed by atoms with Crippen LogP contribution in [0.4, 0.5) is 0 Å². The maximum Gasteiger partial charge on any atom is 0.207 e. The number of amides is 1. The van der Waals surface area contributed by atoms with Crippen LogP contribution >= 0.6 is 0 Å². The molecular formula is C6H13NO. The van der Waals surface area contributed by atoms with Crippen LogP contribution in [0.5, 0.6) is 0 Å².